The summed E-state index contributed by atoms with van der Waals surface area (Å²) in [5, 5.41) is 10.0. The van der Waals surface area contributed by atoms with Gasteiger partial charge in [-0.3, -0.25) is 9.59 Å². The molecule has 2 amide bonds. The summed E-state index contributed by atoms with van der Waals surface area (Å²) in [5.74, 6) is -0.436. The van der Waals surface area contributed by atoms with Gasteiger partial charge in [0.1, 0.15) is 0 Å². The highest BCUT2D eigenvalue weighted by Crippen LogP contribution is 2.31. The molecule has 1 heterocycles. The molecule has 0 unspecified atom stereocenters. The van der Waals surface area contributed by atoms with Gasteiger partial charge in [-0.2, -0.15) is 0 Å². The molecule has 0 saturated carbocycles. The molecule has 0 fully saturated rings. The Morgan fingerprint density at radius 3 is 2.31 bits per heavy atom. The first-order valence-electron chi connectivity index (χ1n) is 13.4. The number of fused-ring (bicyclic) bond motifs is 3. The lowest BCUT2D eigenvalue weighted by molar-refractivity contribution is -0.143. The standard InChI is InChI=1S/C32H38N2O5/c1-22-18-34(23(2)20-35)31(36)28-17-11-10-16-27(28)26-15-9-8-14-25(26)21-39-29(22)19-33(3)32(37)30(38-4)24-12-6-5-7-13-24/h5-17,22-23,29-30,35H,18-21H2,1-4H3/t22-,23-,29+,30+/m0/s1. The van der Waals surface area contributed by atoms with Crippen LogP contribution in [0.1, 0.15) is 41.4 Å². The van der Waals surface area contributed by atoms with Crippen molar-refractivity contribution >= 4 is 11.8 Å². The van der Waals surface area contributed by atoms with Crippen LogP contribution in [0.2, 0.25) is 0 Å². The summed E-state index contributed by atoms with van der Waals surface area (Å²) < 4.78 is 12.1. The van der Waals surface area contributed by atoms with E-state index in [1.54, 1.807) is 16.8 Å². The molecular weight excluding hydrogens is 492 g/mol. The van der Waals surface area contributed by atoms with Crippen molar-refractivity contribution in [1.82, 2.24) is 9.80 Å². The lowest BCUT2D eigenvalue weighted by atomic mass is 9.94. The number of benzene rings is 3. The number of rotatable bonds is 7. The lowest BCUT2D eigenvalue weighted by Crippen LogP contribution is -2.48. The van der Waals surface area contributed by atoms with Crippen molar-refractivity contribution < 1.29 is 24.2 Å². The van der Waals surface area contributed by atoms with Crippen molar-refractivity contribution in [2.75, 3.05) is 33.9 Å². The van der Waals surface area contributed by atoms with Gasteiger partial charge >= 0.3 is 0 Å². The fourth-order valence-electron chi connectivity index (χ4n) is 5.12. The molecule has 0 radical (unpaired) electrons. The predicted molar refractivity (Wildman–Crippen MR) is 151 cm³/mol. The Kier molecular flexibility index (Phi) is 9.51. The first-order chi connectivity index (χ1) is 18.8. The Labute approximate surface area is 231 Å². The number of ether oxygens (including phenoxy) is 2. The number of amides is 2. The van der Waals surface area contributed by atoms with Crippen molar-refractivity contribution in [2.24, 2.45) is 5.92 Å². The van der Waals surface area contributed by atoms with Gasteiger partial charge in [-0.25, -0.2) is 0 Å². The minimum atomic E-state index is -0.725. The van der Waals surface area contributed by atoms with Crippen LogP contribution in [-0.4, -0.2) is 72.7 Å². The fraction of sp³-hybridized carbons (Fsp3) is 0.375. The molecule has 4 rings (SSSR count). The van der Waals surface area contributed by atoms with Crippen LogP contribution >= 0.6 is 0 Å². The minimum Gasteiger partial charge on any atom is -0.394 e. The highest BCUT2D eigenvalue weighted by Gasteiger charge is 2.32. The number of aliphatic hydroxyl groups excluding tert-OH is 1. The normalized spacial score (nSPS) is 19.3. The molecule has 0 aromatic heterocycles. The quantitative estimate of drug-likeness (QED) is 0.485. The van der Waals surface area contributed by atoms with Crippen LogP contribution in [0.3, 0.4) is 0 Å². The van der Waals surface area contributed by atoms with E-state index in [2.05, 4.69) is 0 Å². The monoisotopic (exact) mass is 530 g/mol. The largest absolute Gasteiger partial charge is 0.394 e. The van der Waals surface area contributed by atoms with Crippen molar-refractivity contribution in [3.63, 3.8) is 0 Å². The SMILES string of the molecule is CO[C@@H](C(=O)N(C)C[C@H]1OCc2ccccc2-c2ccccc2C(=O)N([C@@H](C)CO)C[C@@H]1C)c1ccccc1. The number of carbonyl (C=O) groups excluding carboxylic acids is 2. The third-order valence-corrected chi connectivity index (χ3v) is 7.49. The summed E-state index contributed by atoms with van der Waals surface area (Å²) in [6.07, 6.45) is -1.10. The maximum atomic E-state index is 13.9. The van der Waals surface area contributed by atoms with E-state index in [9.17, 15) is 14.7 Å². The van der Waals surface area contributed by atoms with Gasteiger partial charge in [-0.1, -0.05) is 79.7 Å². The number of aliphatic hydroxyl groups is 1. The average Bonchev–Trinajstić information content (AvgIpc) is 2.99. The lowest BCUT2D eigenvalue weighted by Gasteiger charge is -2.35. The van der Waals surface area contributed by atoms with Gasteiger partial charge in [-0.15, -0.1) is 0 Å². The van der Waals surface area contributed by atoms with Crippen LogP contribution in [0.15, 0.2) is 78.9 Å². The molecule has 1 aliphatic heterocycles. The van der Waals surface area contributed by atoms with Crippen LogP contribution in [-0.2, 0) is 20.9 Å². The van der Waals surface area contributed by atoms with E-state index >= 15 is 0 Å². The van der Waals surface area contributed by atoms with Crippen LogP contribution in [0.5, 0.6) is 0 Å². The van der Waals surface area contributed by atoms with Gasteiger partial charge < -0.3 is 24.4 Å². The molecular formula is C32H38N2O5. The molecule has 0 bridgehead atoms. The Morgan fingerprint density at radius 2 is 1.64 bits per heavy atom. The molecule has 0 saturated heterocycles. The summed E-state index contributed by atoms with van der Waals surface area (Å²) in [6, 6.07) is 24.5. The molecule has 3 aromatic rings. The van der Waals surface area contributed by atoms with Crippen LogP contribution in [0, 0.1) is 5.92 Å². The van der Waals surface area contributed by atoms with E-state index in [4.69, 9.17) is 9.47 Å². The molecule has 7 nitrogen and oxygen atoms in total. The number of methoxy groups -OCH3 is 1. The fourth-order valence-corrected chi connectivity index (χ4v) is 5.12. The smallest absolute Gasteiger partial charge is 0.256 e. The number of likely N-dealkylation sites (N-methyl/N-ethyl adjacent to an activating group) is 1. The van der Waals surface area contributed by atoms with Crippen molar-refractivity contribution in [2.45, 2.75) is 38.7 Å². The second-order valence-corrected chi connectivity index (χ2v) is 10.3. The maximum Gasteiger partial charge on any atom is 0.256 e. The molecule has 206 valence electrons. The average molecular weight is 531 g/mol. The second-order valence-electron chi connectivity index (χ2n) is 10.3. The van der Waals surface area contributed by atoms with E-state index < -0.39 is 6.10 Å². The zero-order chi connectivity index (χ0) is 27.9. The number of nitrogens with zero attached hydrogens (tertiary/aromatic N) is 2. The summed E-state index contributed by atoms with van der Waals surface area (Å²) in [7, 11) is 3.28. The van der Waals surface area contributed by atoms with Gasteiger partial charge in [0, 0.05) is 38.7 Å². The van der Waals surface area contributed by atoms with Crippen molar-refractivity contribution in [3.05, 3.63) is 95.6 Å². The molecule has 0 spiro atoms. The first-order valence-corrected chi connectivity index (χ1v) is 13.4. The van der Waals surface area contributed by atoms with Gasteiger partial charge in [0.25, 0.3) is 11.8 Å². The van der Waals surface area contributed by atoms with Crippen LogP contribution in [0.4, 0.5) is 0 Å². The molecule has 3 aromatic carbocycles. The van der Waals surface area contributed by atoms with Crippen molar-refractivity contribution in [1.29, 1.82) is 0 Å². The third kappa shape index (κ3) is 6.38. The Bertz CT molecular complexity index is 1260. The minimum absolute atomic E-state index is 0.131. The van der Waals surface area contributed by atoms with E-state index in [0.717, 1.165) is 22.3 Å². The van der Waals surface area contributed by atoms with E-state index in [1.807, 2.05) is 92.7 Å². The Morgan fingerprint density at radius 1 is 1.03 bits per heavy atom. The van der Waals surface area contributed by atoms with Gasteiger partial charge in [-0.05, 0) is 35.2 Å². The second kappa shape index (κ2) is 13.0. The Balaban J connectivity index is 1.68. The zero-order valence-corrected chi connectivity index (χ0v) is 23.1. The molecule has 0 aliphatic carbocycles. The first kappa shape index (κ1) is 28.5. The topological polar surface area (TPSA) is 79.3 Å². The van der Waals surface area contributed by atoms with Crippen molar-refractivity contribution in [3.8, 4) is 11.1 Å². The molecule has 7 heteroatoms. The molecule has 4 atom stereocenters. The predicted octanol–water partition coefficient (Wildman–Crippen LogP) is 4.56. The van der Waals surface area contributed by atoms with E-state index in [0.29, 0.717) is 25.3 Å². The van der Waals surface area contributed by atoms with E-state index in [-0.39, 0.29) is 36.5 Å². The van der Waals surface area contributed by atoms with Gasteiger partial charge in [0.15, 0.2) is 6.10 Å². The summed E-state index contributed by atoms with van der Waals surface area (Å²) in [5.41, 5.74) is 4.11. The summed E-state index contributed by atoms with van der Waals surface area (Å²) >= 11 is 0. The highest BCUT2D eigenvalue weighted by molar-refractivity contribution is 6.01. The molecule has 39 heavy (non-hydrogen) atoms. The van der Waals surface area contributed by atoms with Crippen LogP contribution in [0.25, 0.3) is 11.1 Å². The zero-order valence-electron chi connectivity index (χ0n) is 23.1. The van der Waals surface area contributed by atoms with E-state index in [1.165, 1.54) is 7.11 Å². The summed E-state index contributed by atoms with van der Waals surface area (Å²) in [4.78, 5) is 30.8. The highest BCUT2D eigenvalue weighted by atomic mass is 16.5. The third-order valence-electron chi connectivity index (χ3n) is 7.49. The Hall–Kier alpha value is -3.52. The number of hydrogen-bond donors (Lipinski definition) is 1. The van der Waals surface area contributed by atoms with Gasteiger partial charge in [0.2, 0.25) is 0 Å². The van der Waals surface area contributed by atoms with Gasteiger partial charge in [0.05, 0.1) is 25.4 Å². The maximum absolute atomic E-state index is 13.9. The molecule has 1 N–H and O–H groups in total. The van der Waals surface area contributed by atoms with Crippen LogP contribution < -0.4 is 0 Å². The number of carbonyl (C=O) groups is 2. The summed E-state index contributed by atoms with van der Waals surface area (Å²) in [6.45, 7) is 4.72. The number of hydrogen-bond acceptors (Lipinski definition) is 5. The molecule has 1 aliphatic rings.